The summed E-state index contributed by atoms with van der Waals surface area (Å²) >= 11 is 0. The Balaban J connectivity index is 1.67. The Bertz CT molecular complexity index is 685. The van der Waals surface area contributed by atoms with Crippen LogP contribution in [0.1, 0.15) is 22.7 Å². The van der Waals surface area contributed by atoms with Gasteiger partial charge in [0.1, 0.15) is 0 Å². The molecular formula is C15H17N3O5. The Morgan fingerprint density at radius 3 is 2.65 bits per heavy atom. The number of carbonyl (C=O) groups is 1. The zero-order valence-electron chi connectivity index (χ0n) is 12.3. The van der Waals surface area contributed by atoms with Gasteiger partial charge < -0.3 is 19.8 Å². The molecule has 0 unspecified atom stereocenters. The highest BCUT2D eigenvalue weighted by Gasteiger charge is 2.26. The molecule has 1 aromatic carbocycles. The minimum absolute atomic E-state index is 0.193. The van der Waals surface area contributed by atoms with Crippen LogP contribution < -0.4 is 0 Å². The molecule has 3 N–H and O–H groups in total. The second kappa shape index (κ2) is 6.45. The van der Waals surface area contributed by atoms with Gasteiger partial charge in [0.05, 0.1) is 24.3 Å². The average Bonchev–Trinajstić information content (AvgIpc) is 2.99. The van der Waals surface area contributed by atoms with Gasteiger partial charge in [-0.25, -0.2) is 4.79 Å². The third-order valence-electron chi connectivity index (χ3n) is 3.85. The Morgan fingerprint density at radius 2 is 2.00 bits per heavy atom. The summed E-state index contributed by atoms with van der Waals surface area (Å²) in [6.45, 7) is 1.39. The summed E-state index contributed by atoms with van der Waals surface area (Å²) in [4.78, 5) is 17.0. The van der Waals surface area contributed by atoms with Gasteiger partial charge >= 0.3 is 5.97 Å². The van der Waals surface area contributed by atoms with Crippen LogP contribution in [0.5, 0.6) is 0 Å². The zero-order valence-corrected chi connectivity index (χ0v) is 12.3. The highest BCUT2D eigenvalue weighted by Crippen LogP contribution is 2.18. The summed E-state index contributed by atoms with van der Waals surface area (Å²) in [5.74, 6) is -0.198. The lowest BCUT2D eigenvalue weighted by Gasteiger charge is -2.32. The van der Waals surface area contributed by atoms with Crippen molar-refractivity contribution in [3.05, 3.63) is 35.7 Å². The van der Waals surface area contributed by atoms with E-state index in [1.54, 1.807) is 12.1 Å². The maximum absolute atomic E-state index is 10.8. The third-order valence-corrected chi connectivity index (χ3v) is 3.85. The molecule has 1 aromatic heterocycles. The number of piperidine rings is 1. The second-order valence-corrected chi connectivity index (χ2v) is 5.55. The van der Waals surface area contributed by atoms with Crippen LogP contribution >= 0.6 is 0 Å². The molecule has 8 nitrogen and oxygen atoms in total. The topological polar surface area (TPSA) is 120 Å². The maximum atomic E-state index is 10.8. The standard InChI is InChI=1S/C15H17N3O5/c19-11-5-6-18(7-12(11)20)8-13-16-14(17-23-13)9-1-3-10(4-2-9)15(21)22/h1-4,11-12,19-20H,5-8H2,(H,21,22)/t11-,12-/m0/s1. The normalized spacial score (nSPS) is 22.2. The lowest BCUT2D eigenvalue weighted by Crippen LogP contribution is -2.46. The van der Waals surface area contributed by atoms with E-state index in [1.165, 1.54) is 12.1 Å². The van der Waals surface area contributed by atoms with E-state index >= 15 is 0 Å². The largest absolute Gasteiger partial charge is 0.478 e. The molecule has 2 atom stereocenters. The number of aromatic nitrogens is 2. The average molecular weight is 319 g/mol. The van der Waals surface area contributed by atoms with Gasteiger partial charge in [-0.3, -0.25) is 4.90 Å². The molecule has 2 aromatic rings. The van der Waals surface area contributed by atoms with Crippen molar-refractivity contribution in [1.29, 1.82) is 0 Å². The van der Waals surface area contributed by atoms with E-state index in [-0.39, 0.29) is 5.56 Å². The first kappa shape index (κ1) is 15.6. The Kier molecular flexibility index (Phi) is 4.37. The van der Waals surface area contributed by atoms with Gasteiger partial charge in [0.2, 0.25) is 11.7 Å². The van der Waals surface area contributed by atoms with Gasteiger partial charge in [-0.2, -0.15) is 4.98 Å². The molecule has 0 aliphatic carbocycles. The number of benzene rings is 1. The fourth-order valence-corrected chi connectivity index (χ4v) is 2.52. The van der Waals surface area contributed by atoms with Crippen molar-refractivity contribution in [1.82, 2.24) is 15.0 Å². The molecule has 0 saturated carbocycles. The van der Waals surface area contributed by atoms with Crippen LogP contribution in [0.3, 0.4) is 0 Å². The fourth-order valence-electron chi connectivity index (χ4n) is 2.52. The van der Waals surface area contributed by atoms with E-state index in [0.29, 0.717) is 43.3 Å². The number of β-amino-alcohol motifs (C(OH)–C–C–N with tert-alkyl or cyclic N) is 1. The van der Waals surface area contributed by atoms with Crippen molar-refractivity contribution in [3.63, 3.8) is 0 Å². The molecule has 0 amide bonds. The Hall–Kier alpha value is -2.29. The number of nitrogens with zero attached hydrogens (tertiary/aromatic N) is 3. The quantitative estimate of drug-likeness (QED) is 0.739. The third kappa shape index (κ3) is 3.55. The molecule has 23 heavy (non-hydrogen) atoms. The first-order valence-electron chi connectivity index (χ1n) is 7.28. The number of likely N-dealkylation sites (tertiary alicyclic amines) is 1. The predicted octanol–water partition coefficient (Wildman–Crippen LogP) is 0.362. The van der Waals surface area contributed by atoms with Crippen LogP contribution in [0.2, 0.25) is 0 Å². The summed E-state index contributed by atoms with van der Waals surface area (Å²) < 4.78 is 5.20. The molecular weight excluding hydrogens is 302 g/mol. The minimum atomic E-state index is -0.990. The maximum Gasteiger partial charge on any atom is 0.335 e. The van der Waals surface area contributed by atoms with E-state index in [1.807, 2.05) is 4.90 Å². The van der Waals surface area contributed by atoms with Crippen LogP contribution in [0, 0.1) is 0 Å². The number of carboxylic acid groups (broad SMARTS) is 1. The van der Waals surface area contributed by atoms with E-state index < -0.39 is 18.2 Å². The van der Waals surface area contributed by atoms with E-state index in [9.17, 15) is 15.0 Å². The van der Waals surface area contributed by atoms with Crippen LogP contribution in [0.15, 0.2) is 28.8 Å². The van der Waals surface area contributed by atoms with Gasteiger partial charge in [0.15, 0.2) is 0 Å². The second-order valence-electron chi connectivity index (χ2n) is 5.55. The molecule has 3 rings (SSSR count). The van der Waals surface area contributed by atoms with Crippen LogP contribution in [0.25, 0.3) is 11.4 Å². The van der Waals surface area contributed by atoms with Crippen molar-refractivity contribution in [2.24, 2.45) is 0 Å². The predicted molar refractivity (Wildman–Crippen MR) is 78.6 cm³/mol. The number of hydrogen-bond acceptors (Lipinski definition) is 7. The van der Waals surface area contributed by atoms with Gasteiger partial charge in [0, 0.05) is 18.7 Å². The highest BCUT2D eigenvalue weighted by atomic mass is 16.5. The number of carboxylic acids is 1. The van der Waals surface area contributed by atoms with Crippen molar-refractivity contribution < 1.29 is 24.6 Å². The van der Waals surface area contributed by atoms with Crippen molar-refractivity contribution in [2.75, 3.05) is 13.1 Å². The smallest absolute Gasteiger partial charge is 0.335 e. The summed E-state index contributed by atoms with van der Waals surface area (Å²) in [6.07, 6.45) is -0.953. The Morgan fingerprint density at radius 1 is 1.26 bits per heavy atom. The van der Waals surface area contributed by atoms with Gasteiger partial charge in [0.25, 0.3) is 0 Å². The minimum Gasteiger partial charge on any atom is -0.478 e. The first-order chi connectivity index (χ1) is 11.0. The first-order valence-corrected chi connectivity index (χ1v) is 7.28. The molecule has 1 aliphatic rings. The molecule has 1 saturated heterocycles. The number of aromatic carboxylic acids is 1. The highest BCUT2D eigenvalue weighted by molar-refractivity contribution is 5.88. The molecule has 0 bridgehead atoms. The molecule has 0 spiro atoms. The molecule has 1 aliphatic heterocycles. The molecule has 8 heteroatoms. The van der Waals surface area contributed by atoms with Crippen LogP contribution in [0.4, 0.5) is 0 Å². The van der Waals surface area contributed by atoms with Crippen molar-refractivity contribution in [2.45, 2.75) is 25.2 Å². The number of rotatable bonds is 4. The SMILES string of the molecule is O=C(O)c1ccc(-c2noc(CN3CC[C@H](O)[C@@H](O)C3)n2)cc1. The molecule has 1 fully saturated rings. The van der Waals surface area contributed by atoms with Crippen molar-refractivity contribution >= 4 is 5.97 Å². The summed E-state index contributed by atoms with van der Waals surface area (Å²) in [7, 11) is 0. The van der Waals surface area contributed by atoms with E-state index in [0.717, 1.165) is 0 Å². The molecule has 0 radical (unpaired) electrons. The Labute approximate surface area is 132 Å². The van der Waals surface area contributed by atoms with Gasteiger partial charge in [-0.1, -0.05) is 17.3 Å². The van der Waals surface area contributed by atoms with Crippen molar-refractivity contribution in [3.8, 4) is 11.4 Å². The number of aliphatic hydroxyl groups excluding tert-OH is 2. The van der Waals surface area contributed by atoms with Crippen LogP contribution in [-0.2, 0) is 6.54 Å². The summed E-state index contributed by atoms with van der Waals surface area (Å²) in [6, 6.07) is 6.21. The monoisotopic (exact) mass is 319 g/mol. The zero-order chi connectivity index (χ0) is 16.4. The lowest BCUT2D eigenvalue weighted by molar-refractivity contribution is -0.0423. The number of hydrogen-bond donors (Lipinski definition) is 3. The summed E-state index contributed by atoms with van der Waals surface area (Å²) in [5.41, 5.74) is 0.859. The van der Waals surface area contributed by atoms with E-state index in [4.69, 9.17) is 9.63 Å². The molecule has 122 valence electrons. The summed E-state index contributed by atoms with van der Waals surface area (Å²) in [5, 5.41) is 31.9. The van der Waals surface area contributed by atoms with Gasteiger partial charge in [-0.05, 0) is 18.6 Å². The number of aliphatic hydroxyl groups is 2. The fraction of sp³-hybridized carbons (Fsp3) is 0.400. The van der Waals surface area contributed by atoms with Crippen LogP contribution in [-0.4, -0.2) is 61.6 Å². The lowest BCUT2D eigenvalue weighted by atomic mass is 10.1. The van der Waals surface area contributed by atoms with Gasteiger partial charge in [-0.15, -0.1) is 0 Å². The van der Waals surface area contributed by atoms with E-state index in [2.05, 4.69) is 10.1 Å². The molecule has 2 heterocycles.